The van der Waals surface area contributed by atoms with Crippen LogP contribution in [0.5, 0.6) is 0 Å². The van der Waals surface area contributed by atoms with Crippen LogP contribution in [0.4, 0.5) is 11.6 Å². The molecule has 1 amide bonds. The molecule has 10 nitrogen and oxygen atoms in total. The number of amides is 1. The molecule has 3 aromatic heterocycles. The van der Waals surface area contributed by atoms with Gasteiger partial charge in [0.25, 0.3) is 0 Å². The highest BCUT2D eigenvalue weighted by Crippen LogP contribution is 2.31. The smallest absolute Gasteiger partial charge is 0.225 e. The number of rotatable bonds is 7. The van der Waals surface area contributed by atoms with E-state index in [2.05, 4.69) is 30.7 Å². The second-order valence-corrected chi connectivity index (χ2v) is 9.51. The molecule has 0 aliphatic carbocycles. The summed E-state index contributed by atoms with van der Waals surface area (Å²) in [5.41, 5.74) is 16.6. The maximum Gasteiger partial charge on any atom is 0.225 e. The maximum absolute atomic E-state index is 13.2. The van der Waals surface area contributed by atoms with Crippen molar-refractivity contribution >= 4 is 50.9 Å². The zero-order chi connectivity index (χ0) is 26.2. The average molecular weight is 526 g/mol. The third-order valence-corrected chi connectivity index (χ3v) is 6.79. The first-order chi connectivity index (χ1) is 18.4. The van der Waals surface area contributed by atoms with Gasteiger partial charge in [-0.3, -0.25) is 15.0 Å². The standard InChI is InChI=1S/C27H24ClN9O/c28-24-23(16-7-9-18-20(13-16)35-37-26(18)30)32-27(33-24)21(10-14-4-2-1-3-5-14)31-22(38)12-15-6-8-17-19(11-15)34-36-25(17)29/h1-9,11,13,21H,10,12H2,(H,31,38)(H,32,33)(H3,29,34,36)(H3,30,35,37). The molecule has 6 aromatic rings. The lowest BCUT2D eigenvalue weighted by Gasteiger charge is -2.17. The lowest BCUT2D eigenvalue weighted by molar-refractivity contribution is -0.121. The molecule has 0 radical (unpaired) electrons. The molecule has 3 heterocycles. The molecule has 0 aliphatic rings. The van der Waals surface area contributed by atoms with Crippen LogP contribution in [0.3, 0.4) is 0 Å². The lowest BCUT2D eigenvalue weighted by Crippen LogP contribution is -2.32. The molecular formula is C27H24ClN9O. The van der Waals surface area contributed by atoms with Gasteiger partial charge >= 0.3 is 0 Å². The van der Waals surface area contributed by atoms with Crippen molar-refractivity contribution in [3.05, 3.63) is 88.8 Å². The molecule has 0 saturated carbocycles. The van der Waals surface area contributed by atoms with Crippen molar-refractivity contribution in [1.29, 1.82) is 0 Å². The molecular weight excluding hydrogens is 502 g/mol. The zero-order valence-corrected chi connectivity index (χ0v) is 20.9. The van der Waals surface area contributed by atoms with E-state index in [4.69, 9.17) is 28.1 Å². The van der Waals surface area contributed by atoms with Crippen molar-refractivity contribution in [2.24, 2.45) is 0 Å². The minimum absolute atomic E-state index is 0.152. The van der Waals surface area contributed by atoms with Crippen molar-refractivity contribution in [3.8, 4) is 11.3 Å². The van der Waals surface area contributed by atoms with E-state index in [0.717, 1.165) is 38.5 Å². The molecule has 6 rings (SSSR count). The Morgan fingerprint density at radius 2 is 1.58 bits per heavy atom. The number of anilines is 2. The van der Waals surface area contributed by atoms with Gasteiger partial charge in [0.2, 0.25) is 5.91 Å². The number of nitrogens with two attached hydrogens (primary N) is 2. The summed E-state index contributed by atoms with van der Waals surface area (Å²) in [6.07, 6.45) is 0.710. The average Bonchev–Trinajstić information content (AvgIpc) is 3.60. The van der Waals surface area contributed by atoms with E-state index in [-0.39, 0.29) is 12.3 Å². The molecule has 38 heavy (non-hydrogen) atoms. The van der Waals surface area contributed by atoms with Gasteiger partial charge in [0.1, 0.15) is 16.7 Å². The maximum atomic E-state index is 13.2. The van der Waals surface area contributed by atoms with Gasteiger partial charge in [0.05, 0.1) is 23.5 Å². The molecule has 3 aromatic carbocycles. The molecule has 0 spiro atoms. The molecule has 1 unspecified atom stereocenters. The van der Waals surface area contributed by atoms with E-state index in [0.29, 0.717) is 34.7 Å². The van der Waals surface area contributed by atoms with Crippen molar-refractivity contribution in [2.75, 3.05) is 11.5 Å². The van der Waals surface area contributed by atoms with Crippen molar-refractivity contribution in [2.45, 2.75) is 18.9 Å². The second kappa shape index (κ2) is 9.56. The SMILES string of the molecule is Nc1n[nH]c2cc(CC(=O)NC(Cc3ccccc3)c3nc(-c4ccc5c(N)n[nH]c5c4)c(Cl)[nH]3)ccc12. The van der Waals surface area contributed by atoms with Gasteiger partial charge < -0.3 is 21.8 Å². The van der Waals surface area contributed by atoms with Crippen LogP contribution in [-0.4, -0.2) is 36.3 Å². The highest BCUT2D eigenvalue weighted by molar-refractivity contribution is 6.32. The first-order valence-electron chi connectivity index (χ1n) is 12.0. The number of imidazole rings is 1. The molecule has 190 valence electrons. The number of carbonyl (C=O) groups is 1. The summed E-state index contributed by atoms with van der Waals surface area (Å²) in [5, 5.41) is 19.0. The number of benzene rings is 3. The molecule has 0 saturated heterocycles. The van der Waals surface area contributed by atoms with Crippen LogP contribution >= 0.6 is 11.6 Å². The Labute approximate surface area is 221 Å². The monoisotopic (exact) mass is 525 g/mol. The van der Waals surface area contributed by atoms with Crippen LogP contribution < -0.4 is 16.8 Å². The topological polar surface area (TPSA) is 167 Å². The molecule has 1 atom stereocenters. The summed E-state index contributed by atoms with van der Waals surface area (Å²) in [7, 11) is 0. The minimum Gasteiger partial charge on any atom is -0.382 e. The van der Waals surface area contributed by atoms with E-state index < -0.39 is 6.04 Å². The predicted octanol–water partition coefficient (Wildman–Crippen LogP) is 4.29. The zero-order valence-electron chi connectivity index (χ0n) is 20.1. The number of hydrogen-bond donors (Lipinski definition) is 6. The van der Waals surface area contributed by atoms with Gasteiger partial charge in [0.15, 0.2) is 11.6 Å². The van der Waals surface area contributed by atoms with Gasteiger partial charge in [-0.05, 0) is 41.8 Å². The quantitative estimate of drug-likeness (QED) is 0.182. The summed E-state index contributed by atoms with van der Waals surface area (Å²) in [6, 6.07) is 20.8. The highest BCUT2D eigenvalue weighted by atomic mass is 35.5. The van der Waals surface area contributed by atoms with Gasteiger partial charge in [-0.15, -0.1) is 0 Å². The predicted molar refractivity (Wildman–Crippen MR) is 148 cm³/mol. The van der Waals surface area contributed by atoms with E-state index >= 15 is 0 Å². The van der Waals surface area contributed by atoms with E-state index in [1.54, 1.807) is 0 Å². The number of halogens is 1. The first-order valence-corrected chi connectivity index (χ1v) is 12.4. The van der Waals surface area contributed by atoms with Gasteiger partial charge in [0, 0.05) is 16.3 Å². The molecule has 0 bridgehead atoms. The number of fused-ring (bicyclic) bond motifs is 2. The normalized spacial score (nSPS) is 12.2. The Morgan fingerprint density at radius 1 is 0.895 bits per heavy atom. The first kappa shape index (κ1) is 23.6. The van der Waals surface area contributed by atoms with E-state index in [1.807, 2.05) is 66.7 Å². The summed E-state index contributed by atoms with van der Waals surface area (Å²) < 4.78 is 0. The van der Waals surface area contributed by atoms with E-state index in [1.165, 1.54) is 0 Å². The van der Waals surface area contributed by atoms with Crippen molar-refractivity contribution in [1.82, 2.24) is 35.7 Å². The fourth-order valence-electron chi connectivity index (χ4n) is 4.61. The number of aromatic nitrogens is 6. The Kier molecular flexibility index (Phi) is 5.93. The summed E-state index contributed by atoms with van der Waals surface area (Å²) in [5.74, 6) is 1.27. The van der Waals surface area contributed by atoms with Crippen molar-refractivity contribution in [3.63, 3.8) is 0 Å². The van der Waals surface area contributed by atoms with E-state index in [9.17, 15) is 4.79 Å². The number of carbonyl (C=O) groups excluding carboxylic acids is 1. The van der Waals surface area contributed by atoms with Crippen LogP contribution in [0.15, 0.2) is 66.7 Å². The Balaban J connectivity index is 1.28. The summed E-state index contributed by atoms with van der Waals surface area (Å²) in [4.78, 5) is 21.2. The number of nitrogens with one attached hydrogen (secondary N) is 4. The summed E-state index contributed by atoms with van der Waals surface area (Å²) >= 11 is 6.61. The molecule has 0 fully saturated rings. The van der Waals surface area contributed by atoms with Gasteiger partial charge in [-0.2, -0.15) is 10.2 Å². The van der Waals surface area contributed by atoms with Crippen molar-refractivity contribution < 1.29 is 4.79 Å². The van der Waals surface area contributed by atoms with Gasteiger partial charge in [-0.25, -0.2) is 4.98 Å². The largest absolute Gasteiger partial charge is 0.382 e. The fraction of sp³-hybridized carbons (Fsp3) is 0.111. The third-order valence-electron chi connectivity index (χ3n) is 6.51. The number of aromatic amines is 3. The summed E-state index contributed by atoms with van der Waals surface area (Å²) in [6.45, 7) is 0. The Bertz CT molecular complexity index is 1770. The third kappa shape index (κ3) is 4.53. The highest BCUT2D eigenvalue weighted by Gasteiger charge is 2.22. The molecule has 0 aliphatic heterocycles. The lowest BCUT2D eigenvalue weighted by atomic mass is 10.0. The Morgan fingerprint density at radius 3 is 2.32 bits per heavy atom. The number of hydrogen-bond acceptors (Lipinski definition) is 6. The van der Waals surface area contributed by atoms with Crippen LogP contribution in [-0.2, 0) is 17.6 Å². The number of nitrogen functional groups attached to an aromatic ring is 2. The molecule has 11 heteroatoms. The Hall–Kier alpha value is -4.83. The van der Waals surface area contributed by atoms with Crippen LogP contribution in [0.25, 0.3) is 33.1 Å². The minimum atomic E-state index is -0.436. The number of H-pyrrole nitrogens is 3. The van der Waals surface area contributed by atoms with Crippen LogP contribution in [0, 0.1) is 0 Å². The second-order valence-electron chi connectivity index (χ2n) is 9.13. The fourth-order valence-corrected chi connectivity index (χ4v) is 4.86. The molecule has 8 N–H and O–H groups in total. The van der Waals surface area contributed by atoms with Gasteiger partial charge in [-0.1, -0.05) is 54.1 Å². The van der Waals surface area contributed by atoms with Crippen LogP contribution in [0.2, 0.25) is 5.15 Å². The number of nitrogens with zero attached hydrogens (tertiary/aromatic N) is 3. The van der Waals surface area contributed by atoms with Crippen LogP contribution in [0.1, 0.15) is 23.0 Å².